The summed E-state index contributed by atoms with van der Waals surface area (Å²) in [6.07, 6.45) is 1.36. The number of anilines is 1. The van der Waals surface area contributed by atoms with Crippen LogP contribution in [-0.4, -0.2) is 6.04 Å². The highest BCUT2D eigenvalue weighted by Crippen LogP contribution is 2.17. The van der Waals surface area contributed by atoms with Gasteiger partial charge < -0.3 is 11.5 Å². The molecule has 13 heavy (non-hydrogen) atoms. The molecule has 1 aromatic carbocycles. The minimum Gasteiger partial charge on any atom is -0.398 e. The third kappa shape index (κ3) is 2.70. The van der Waals surface area contributed by atoms with Gasteiger partial charge in [0.05, 0.1) is 0 Å². The summed E-state index contributed by atoms with van der Waals surface area (Å²) in [4.78, 5) is 0. The number of halogens is 1. The Morgan fingerprint density at radius 3 is 2.69 bits per heavy atom. The second-order valence-electron chi connectivity index (χ2n) is 3.32. The number of nitrogen functional groups attached to an aromatic ring is 1. The fourth-order valence-corrected chi connectivity index (χ4v) is 1.21. The Morgan fingerprint density at radius 2 is 2.15 bits per heavy atom. The van der Waals surface area contributed by atoms with Crippen molar-refractivity contribution in [2.24, 2.45) is 5.73 Å². The molecule has 0 saturated carbocycles. The van der Waals surface area contributed by atoms with Gasteiger partial charge in [0.15, 0.2) is 0 Å². The van der Waals surface area contributed by atoms with E-state index in [9.17, 15) is 4.39 Å². The summed E-state index contributed by atoms with van der Waals surface area (Å²) < 4.78 is 13.2. The average molecular weight is 182 g/mol. The van der Waals surface area contributed by atoms with Gasteiger partial charge in [-0.05, 0) is 31.9 Å². The first kappa shape index (κ1) is 9.99. The fourth-order valence-electron chi connectivity index (χ4n) is 1.21. The smallest absolute Gasteiger partial charge is 0.128 e. The monoisotopic (exact) mass is 182 g/mol. The zero-order valence-corrected chi connectivity index (χ0v) is 7.76. The van der Waals surface area contributed by atoms with Gasteiger partial charge in [-0.1, -0.05) is 6.07 Å². The quantitative estimate of drug-likeness (QED) is 0.699. The maximum absolute atomic E-state index is 13.2. The summed E-state index contributed by atoms with van der Waals surface area (Å²) in [7, 11) is 0. The topological polar surface area (TPSA) is 52.0 Å². The lowest BCUT2D eigenvalue weighted by Crippen LogP contribution is -2.16. The Bertz CT molecular complexity index is 264. The van der Waals surface area contributed by atoms with Crippen LogP contribution in [0.25, 0.3) is 0 Å². The van der Waals surface area contributed by atoms with Gasteiger partial charge in [-0.3, -0.25) is 0 Å². The Balaban J connectivity index is 2.75. The molecular formula is C10H15FN2. The first-order valence-electron chi connectivity index (χ1n) is 4.39. The van der Waals surface area contributed by atoms with Crippen molar-refractivity contribution in [3.63, 3.8) is 0 Å². The van der Waals surface area contributed by atoms with E-state index < -0.39 is 0 Å². The molecule has 2 nitrogen and oxygen atoms in total. The molecule has 72 valence electrons. The maximum Gasteiger partial charge on any atom is 0.128 e. The lowest BCUT2D eigenvalue weighted by Gasteiger charge is -2.08. The summed E-state index contributed by atoms with van der Waals surface area (Å²) in [5.74, 6) is -0.236. The van der Waals surface area contributed by atoms with E-state index in [1.807, 2.05) is 6.92 Å². The SMILES string of the molecule is C[C@@H](N)CCc1c(N)cccc1F. The first-order valence-corrected chi connectivity index (χ1v) is 4.39. The third-order valence-electron chi connectivity index (χ3n) is 2.00. The summed E-state index contributed by atoms with van der Waals surface area (Å²) in [5.41, 5.74) is 12.3. The van der Waals surface area contributed by atoms with Gasteiger partial charge >= 0.3 is 0 Å². The summed E-state index contributed by atoms with van der Waals surface area (Å²) >= 11 is 0. The van der Waals surface area contributed by atoms with E-state index in [-0.39, 0.29) is 11.9 Å². The van der Waals surface area contributed by atoms with Crippen molar-refractivity contribution < 1.29 is 4.39 Å². The molecule has 0 aliphatic heterocycles. The number of nitrogens with two attached hydrogens (primary N) is 2. The molecule has 0 radical (unpaired) electrons. The predicted octanol–water partition coefficient (Wildman–Crippen LogP) is 1.69. The minimum atomic E-state index is -0.236. The van der Waals surface area contributed by atoms with Gasteiger partial charge in [0.25, 0.3) is 0 Å². The molecule has 0 amide bonds. The minimum absolute atomic E-state index is 0.0824. The van der Waals surface area contributed by atoms with Crippen LogP contribution in [0.5, 0.6) is 0 Å². The molecule has 0 aliphatic rings. The van der Waals surface area contributed by atoms with E-state index >= 15 is 0 Å². The molecule has 0 fully saturated rings. The lowest BCUT2D eigenvalue weighted by molar-refractivity contribution is 0.592. The number of rotatable bonds is 3. The zero-order valence-electron chi connectivity index (χ0n) is 7.76. The van der Waals surface area contributed by atoms with Gasteiger partial charge in [0.2, 0.25) is 0 Å². The Labute approximate surface area is 77.7 Å². The van der Waals surface area contributed by atoms with E-state index in [1.165, 1.54) is 6.07 Å². The lowest BCUT2D eigenvalue weighted by atomic mass is 10.0. The maximum atomic E-state index is 13.2. The van der Waals surface area contributed by atoms with Crippen LogP contribution in [0.2, 0.25) is 0 Å². The number of hydrogen-bond donors (Lipinski definition) is 2. The van der Waals surface area contributed by atoms with Crippen molar-refractivity contribution >= 4 is 5.69 Å². The first-order chi connectivity index (χ1) is 6.11. The molecule has 0 unspecified atom stereocenters. The number of benzene rings is 1. The Hall–Kier alpha value is -1.09. The van der Waals surface area contributed by atoms with Crippen LogP contribution in [0.3, 0.4) is 0 Å². The molecule has 3 heteroatoms. The summed E-state index contributed by atoms with van der Waals surface area (Å²) in [6, 6.07) is 4.82. The van der Waals surface area contributed by atoms with Gasteiger partial charge in [-0.15, -0.1) is 0 Å². The molecule has 0 aliphatic carbocycles. The second kappa shape index (κ2) is 4.23. The van der Waals surface area contributed by atoms with Gasteiger partial charge in [-0.25, -0.2) is 4.39 Å². The van der Waals surface area contributed by atoms with Gasteiger partial charge in [0, 0.05) is 17.3 Å². The van der Waals surface area contributed by atoms with Crippen molar-refractivity contribution in [1.82, 2.24) is 0 Å². The third-order valence-corrected chi connectivity index (χ3v) is 2.00. The van der Waals surface area contributed by atoms with E-state index in [2.05, 4.69) is 0 Å². The Kier molecular flexibility index (Phi) is 3.25. The zero-order chi connectivity index (χ0) is 9.84. The normalized spacial score (nSPS) is 12.8. The fraction of sp³-hybridized carbons (Fsp3) is 0.400. The van der Waals surface area contributed by atoms with Crippen LogP contribution in [-0.2, 0) is 6.42 Å². The second-order valence-corrected chi connectivity index (χ2v) is 3.32. The Morgan fingerprint density at radius 1 is 1.46 bits per heavy atom. The van der Waals surface area contributed by atoms with E-state index in [0.29, 0.717) is 17.7 Å². The molecule has 0 bridgehead atoms. The van der Waals surface area contributed by atoms with E-state index in [1.54, 1.807) is 12.1 Å². The van der Waals surface area contributed by atoms with E-state index in [4.69, 9.17) is 11.5 Å². The molecule has 1 rings (SSSR count). The van der Waals surface area contributed by atoms with Crippen LogP contribution in [0.15, 0.2) is 18.2 Å². The van der Waals surface area contributed by atoms with Crippen LogP contribution in [0, 0.1) is 5.82 Å². The van der Waals surface area contributed by atoms with Crippen LogP contribution >= 0.6 is 0 Å². The molecule has 0 aromatic heterocycles. The highest BCUT2D eigenvalue weighted by molar-refractivity contribution is 5.47. The molecule has 0 saturated heterocycles. The molecule has 0 heterocycles. The molecule has 0 spiro atoms. The van der Waals surface area contributed by atoms with Crippen LogP contribution in [0.4, 0.5) is 10.1 Å². The largest absolute Gasteiger partial charge is 0.398 e. The molecule has 4 N–H and O–H groups in total. The van der Waals surface area contributed by atoms with Crippen molar-refractivity contribution in [1.29, 1.82) is 0 Å². The molecule has 1 atom stereocenters. The van der Waals surface area contributed by atoms with Gasteiger partial charge in [0.1, 0.15) is 5.82 Å². The number of hydrogen-bond acceptors (Lipinski definition) is 2. The summed E-state index contributed by atoms with van der Waals surface area (Å²) in [5, 5.41) is 0. The highest BCUT2D eigenvalue weighted by Gasteiger charge is 2.06. The average Bonchev–Trinajstić information content (AvgIpc) is 2.03. The van der Waals surface area contributed by atoms with Crippen molar-refractivity contribution in [3.05, 3.63) is 29.6 Å². The predicted molar refractivity (Wildman–Crippen MR) is 52.8 cm³/mol. The van der Waals surface area contributed by atoms with Crippen molar-refractivity contribution in [2.75, 3.05) is 5.73 Å². The van der Waals surface area contributed by atoms with Crippen molar-refractivity contribution in [3.8, 4) is 0 Å². The van der Waals surface area contributed by atoms with E-state index in [0.717, 1.165) is 6.42 Å². The standard InChI is InChI=1S/C10H15FN2/c1-7(12)5-6-8-9(11)3-2-4-10(8)13/h2-4,7H,5-6,12-13H2,1H3/t7-/m1/s1. The van der Waals surface area contributed by atoms with Crippen LogP contribution < -0.4 is 11.5 Å². The van der Waals surface area contributed by atoms with Crippen molar-refractivity contribution in [2.45, 2.75) is 25.8 Å². The van der Waals surface area contributed by atoms with Crippen LogP contribution in [0.1, 0.15) is 18.9 Å². The highest BCUT2D eigenvalue weighted by atomic mass is 19.1. The molecule has 1 aromatic rings. The summed E-state index contributed by atoms with van der Waals surface area (Å²) in [6.45, 7) is 1.90. The molecular weight excluding hydrogens is 167 g/mol. The van der Waals surface area contributed by atoms with Gasteiger partial charge in [-0.2, -0.15) is 0 Å².